The van der Waals surface area contributed by atoms with Gasteiger partial charge in [-0.1, -0.05) is 35.9 Å². The summed E-state index contributed by atoms with van der Waals surface area (Å²) < 4.78 is 0. The summed E-state index contributed by atoms with van der Waals surface area (Å²) in [7, 11) is 0. The number of nitrogens with one attached hydrogen (secondary N) is 2. The van der Waals surface area contributed by atoms with Crippen LogP contribution in [-0.4, -0.2) is 29.4 Å². The SMILES string of the molecule is O=C(CNC(=O)c1cnc(Cl)c2ccccc12)NC1CC1. The molecule has 0 saturated heterocycles. The largest absolute Gasteiger partial charge is 0.352 e. The van der Waals surface area contributed by atoms with Crippen LogP contribution in [0, 0.1) is 0 Å². The molecular weight excluding hydrogens is 290 g/mol. The van der Waals surface area contributed by atoms with Crippen molar-refractivity contribution in [2.75, 3.05) is 6.54 Å². The second kappa shape index (κ2) is 5.69. The predicted octanol–water partition coefficient (Wildman–Crippen LogP) is 1.90. The maximum atomic E-state index is 12.2. The van der Waals surface area contributed by atoms with Gasteiger partial charge in [0.1, 0.15) is 5.15 Å². The van der Waals surface area contributed by atoms with Gasteiger partial charge in [0.2, 0.25) is 5.91 Å². The van der Waals surface area contributed by atoms with Gasteiger partial charge < -0.3 is 10.6 Å². The Kier molecular flexibility index (Phi) is 3.75. The van der Waals surface area contributed by atoms with Gasteiger partial charge in [0.25, 0.3) is 5.91 Å². The maximum Gasteiger partial charge on any atom is 0.253 e. The first-order valence-electron chi connectivity index (χ1n) is 6.76. The van der Waals surface area contributed by atoms with Gasteiger partial charge >= 0.3 is 0 Å². The Balaban J connectivity index is 1.75. The normalized spacial score (nSPS) is 14.0. The Bertz CT molecular complexity index is 713. The molecule has 0 bridgehead atoms. The summed E-state index contributed by atoms with van der Waals surface area (Å²) in [5.74, 6) is -0.501. The number of carbonyl (C=O) groups excluding carboxylic acids is 2. The van der Waals surface area contributed by atoms with E-state index >= 15 is 0 Å². The third kappa shape index (κ3) is 3.13. The summed E-state index contributed by atoms with van der Waals surface area (Å²) in [6, 6.07) is 7.56. The van der Waals surface area contributed by atoms with Crippen LogP contribution >= 0.6 is 11.6 Å². The zero-order valence-electron chi connectivity index (χ0n) is 11.2. The van der Waals surface area contributed by atoms with Crippen molar-refractivity contribution in [1.29, 1.82) is 0 Å². The van der Waals surface area contributed by atoms with E-state index in [0.717, 1.165) is 18.2 Å². The number of nitrogens with zero attached hydrogens (tertiary/aromatic N) is 1. The van der Waals surface area contributed by atoms with E-state index in [4.69, 9.17) is 11.6 Å². The van der Waals surface area contributed by atoms with E-state index < -0.39 is 0 Å². The van der Waals surface area contributed by atoms with E-state index in [9.17, 15) is 9.59 Å². The number of carbonyl (C=O) groups is 2. The Labute approximate surface area is 126 Å². The van der Waals surface area contributed by atoms with Crippen molar-refractivity contribution in [3.8, 4) is 0 Å². The molecule has 1 aliphatic rings. The van der Waals surface area contributed by atoms with Gasteiger partial charge in [-0.05, 0) is 18.2 Å². The molecule has 5 nitrogen and oxygen atoms in total. The fraction of sp³-hybridized carbons (Fsp3) is 0.267. The number of pyridine rings is 1. The summed E-state index contributed by atoms with van der Waals surface area (Å²) in [6.45, 7) is -0.0354. The van der Waals surface area contributed by atoms with Gasteiger partial charge in [0.15, 0.2) is 0 Å². The van der Waals surface area contributed by atoms with Gasteiger partial charge in [-0.25, -0.2) is 4.98 Å². The Hall–Kier alpha value is -2.14. The van der Waals surface area contributed by atoms with Crippen LogP contribution in [0.3, 0.4) is 0 Å². The molecule has 1 saturated carbocycles. The van der Waals surface area contributed by atoms with Crippen LogP contribution in [0.1, 0.15) is 23.2 Å². The molecule has 1 aromatic heterocycles. The molecule has 0 aliphatic heterocycles. The van der Waals surface area contributed by atoms with Crippen molar-refractivity contribution in [1.82, 2.24) is 15.6 Å². The smallest absolute Gasteiger partial charge is 0.253 e. The number of amides is 2. The predicted molar refractivity (Wildman–Crippen MR) is 80.3 cm³/mol. The first-order chi connectivity index (χ1) is 10.1. The number of halogens is 1. The first-order valence-corrected chi connectivity index (χ1v) is 7.14. The van der Waals surface area contributed by atoms with Gasteiger partial charge in [-0.3, -0.25) is 9.59 Å². The standard InChI is InChI=1S/C15H14ClN3O2/c16-14-11-4-2-1-3-10(11)12(7-17-14)15(21)18-8-13(20)19-9-5-6-9/h1-4,7,9H,5-6,8H2,(H,18,21)(H,19,20). The minimum atomic E-state index is -0.332. The summed E-state index contributed by atoms with van der Waals surface area (Å²) >= 11 is 6.02. The van der Waals surface area contributed by atoms with Crippen LogP contribution in [0.5, 0.6) is 0 Å². The van der Waals surface area contributed by atoms with Gasteiger partial charge in [0, 0.05) is 17.6 Å². The fourth-order valence-corrected chi connectivity index (χ4v) is 2.31. The van der Waals surface area contributed by atoms with Gasteiger partial charge in [-0.2, -0.15) is 0 Å². The molecule has 0 unspecified atom stereocenters. The van der Waals surface area contributed by atoms with Gasteiger partial charge in [0.05, 0.1) is 12.1 Å². The molecule has 2 aromatic rings. The zero-order chi connectivity index (χ0) is 14.8. The van der Waals surface area contributed by atoms with Crippen LogP contribution < -0.4 is 10.6 Å². The van der Waals surface area contributed by atoms with E-state index in [1.54, 1.807) is 6.07 Å². The first kappa shape index (κ1) is 13.8. The van der Waals surface area contributed by atoms with Crippen LogP contribution in [0.2, 0.25) is 5.15 Å². The molecule has 1 heterocycles. The summed E-state index contributed by atoms with van der Waals surface area (Å²) in [4.78, 5) is 27.8. The minimum Gasteiger partial charge on any atom is -0.352 e. The summed E-state index contributed by atoms with van der Waals surface area (Å²) in [5, 5.41) is 7.22. The fourth-order valence-electron chi connectivity index (χ4n) is 2.10. The molecule has 21 heavy (non-hydrogen) atoms. The lowest BCUT2D eigenvalue weighted by Gasteiger charge is -2.08. The highest BCUT2D eigenvalue weighted by atomic mass is 35.5. The molecule has 1 fully saturated rings. The average Bonchev–Trinajstić information content (AvgIpc) is 3.29. The number of benzene rings is 1. The van der Waals surface area contributed by atoms with E-state index in [1.807, 2.05) is 18.2 Å². The van der Waals surface area contributed by atoms with Crippen LogP contribution in [0.4, 0.5) is 0 Å². The van der Waals surface area contributed by atoms with Crippen LogP contribution in [0.15, 0.2) is 30.5 Å². The van der Waals surface area contributed by atoms with E-state index in [-0.39, 0.29) is 24.4 Å². The van der Waals surface area contributed by atoms with Crippen LogP contribution in [-0.2, 0) is 4.79 Å². The Morgan fingerprint density at radius 2 is 1.95 bits per heavy atom. The van der Waals surface area contributed by atoms with Crippen molar-refractivity contribution >= 4 is 34.2 Å². The van der Waals surface area contributed by atoms with Gasteiger partial charge in [-0.15, -0.1) is 0 Å². The molecule has 0 radical (unpaired) electrons. The van der Waals surface area contributed by atoms with Crippen molar-refractivity contribution < 1.29 is 9.59 Å². The highest BCUT2D eigenvalue weighted by molar-refractivity contribution is 6.34. The number of fused-ring (bicyclic) bond motifs is 1. The highest BCUT2D eigenvalue weighted by Gasteiger charge is 2.23. The van der Waals surface area contributed by atoms with Crippen molar-refractivity contribution in [2.45, 2.75) is 18.9 Å². The van der Waals surface area contributed by atoms with E-state index in [0.29, 0.717) is 16.1 Å². The topological polar surface area (TPSA) is 71.1 Å². The molecule has 1 aliphatic carbocycles. The summed E-state index contributed by atoms with van der Waals surface area (Å²) in [5.41, 5.74) is 0.411. The number of hydrogen-bond donors (Lipinski definition) is 2. The lowest BCUT2D eigenvalue weighted by atomic mass is 10.1. The second-order valence-electron chi connectivity index (χ2n) is 5.03. The molecular formula is C15H14ClN3O2. The third-order valence-corrected chi connectivity index (χ3v) is 3.64. The maximum absolute atomic E-state index is 12.2. The zero-order valence-corrected chi connectivity index (χ0v) is 12.0. The molecule has 2 N–H and O–H groups in total. The Morgan fingerprint density at radius 1 is 1.24 bits per heavy atom. The molecule has 0 atom stereocenters. The quantitative estimate of drug-likeness (QED) is 0.847. The number of aromatic nitrogens is 1. The molecule has 0 spiro atoms. The van der Waals surface area contributed by atoms with Crippen LogP contribution in [0.25, 0.3) is 10.8 Å². The van der Waals surface area contributed by atoms with Crippen molar-refractivity contribution in [2.24, 2.45) is 0 Å². The lowest BCUT2D eigenvalue weighted by molar-refractivity contribution is -0.120. The molecule has 6 heteroatoms. The molecule has 3 rings (SSSR count). The monoisotopic (exact) mass is 303 g/mol. The lowest BCUT2D eigenvalue weighted by Crippen LogP contribution is -2.37. The molecule has 1 aromatic carbocycles. The highest BCUT2D eigenvalue weighted by Crippen LogP contribution is 2.24. The average molecular weight is 304 g/mol. The van der Waals surface area contributed by atoms with E-state index in [1.165, 1.54) is 6.20 Å². The number of hydrogen-bond acceptors (Lipinski definition) is 3. The van der Waals surface area contributed by atoms with Crippen molar-refractivity contribution in [3.63, 3.8) is 0 Å². The molecule has 108 valence electrons. The number of rotatable bonds is 4. The van der Waals surface area contributed by atoms with E-state index in [2.05, 4.69) is 15.6 Å². The second-order valence-corrected chi connectivity index (χ2v) is 5.39. The minimum absolute atomic E-state index is 0.0354. The summed E-state index contributed by atoms with van der Waals surface area (Å²) in [6.07, 6.45) is 3.47. The third-order valence-electron chi connectivity index (χ3n) is 3.34. The Morgan fingerprint density at radius 3 is 2.67 bits per heavy atom. The van der Waals surface area contributed by atoms with Crippen molar-refractivity contribution in [3.05, 3.63) is 41.2 Å². The molecule has 2 amide bonds.